The van der Waals surface area contributed by atoms with Gasteiger partial charge in [-0.3, -0.25) is 0 Å². The second-order valence-corrected chi connectivity index (χ2v) is 12.3. The third kappa shape index (κ3) is 8.65. The lowest BCUT2D eigenvalue weighted by Gasteiger charge is -2.44. The summed E-state index contributed by atoms with van der Waals surface area (Å²) in [6.07, 6.45) is -5.24. The smallest absolute Gasteiger partial charge is 0.338 e. The monoisotopic (exact) mass is 688 g/mol. The van der Waals surface area contributed by atoms with Crippen molar-refractivity contribution in [3.8, 4) is 0 Å². The average molecular weight is 689 g/mol. The fourth-order valence-electron chi connectivity index (χ4n) is 5.26. The van der Waals surface area contributed by atoms with Crippen molar-refractivity contribution in [1.82, 2.24) is 0 Å². The Morgan fingerprint density at radius 3 is 1.26 bits per heavy atom. The average Bonchev–Trinajstić information content (AvgIpc) is 3.17. The molecule has 1 heterocycles. The molecule has 1 fully saturated rings. The first-order chi connectivity index (χ1) is 24.5. The van der Waals surface area contributed by atoms with Crippen molar-refractivity contribution < 1.29 is 42.9 Å². The molecule has 0 amide bonds. The van der Waals surface area contributed by atoms with Gasteiger partial charge >= 0.3 is 23.9 Å². The van der Waals surface area contributed by atoms with Gasteiger partial charge in [-0.15, -0.1) is 0 Å². The molecular weight excluding hydrogens is 656 g/mol. The summed E-state index contributed by atoms with van der Waals surface area (Å²) in [5.41, 5.74) is -0.0106. The van der Waals surface area contributed by atoms with Crippen molar-refractivity contribution in [1.29, 1.82) is 0 Å². The number of hydrogen-bond donors (Lipinski definition) is 0. The topological polar surface area (TPSA) is 114 Å². The lowest BCUT2D eigenvalue weighted by atomic mass is 9.98. The molecule has 0 aliphatic carbocycles. The molecule has 0 aromatic heterocycles. The van der Waals surface area contributed by atoms with Gasteiger partial charge in [-0.1, -0.05) is 103 Å². The third-order valence-corrected chi connectivity index (χ3v) is 8.89. The lowest BCUT2D eigenvalue weighted by molar-refractivity contribution is -0.207. The number of thioether (sulfide) groups is 1. The highest BCUT2D eigenvalue weighted by molar-refractivity contribution is 7.99. The van der Waals surface area contributed by atoms with Crippen LogP contribution in [0.5, 0.6) is 0 Å². The second-order valence-electron chi connectivity index (χ2n) is 11.1. The number of carbonyl (C=O) groups excluding carboxylic acids is 4. The lowest BCUT2D eigenvalue weighted by Crippen LogP contribution is -2.61. The largest absolute Gasteiger partial charge is 0.459 e. The van der Waals surface area contributed by atoms with Crippen LogP contribution >= 0.6 is 11.8 Å². The minimum Gasteiger partial charge on any atom is -0.459 e. The fourth-order valence-corrected chi connectivity index (χ4v) is 6.38. The van der Waals surface area contributed by atoms with E-state index in [0.717, 1.165) is 4.90 Å². The molecule has 5 aromatic rings. The molecule has 0 spiro atoms. The molecule has 1 aliphatic rings. The van der Waals surface area contributed by atoms with Crippen molar-refractivity contribution in [2.75, 3.05) is 6.61 Å². The van der Waals surface area contributed by atoms with E-state index < -0.39 is 53.7 Å². The molecule has 0 saturated carbocycles. The van der Waals surface area contributed by atoms with Crippen molar-refractivity contribution in [3.63, 3.8) is 0 Å². The molecule has 1 saturated heterocycles. The van der Waals surface area contributed by atoms with Gasteiger partial charge in [-0.25, -0.2) is 19.2 Å². The SMILES string of the molecule is O=C(OC[C@H]1O[C@@H](Sc2ccccc2)[C@H](OC(=O)c2ccccc2)[C@@H](OC(=O)c2ccccc2)[C@H]1OC(=O)c1ccccc1)c1ccccc1. The Morgan fingerprint density at radius 1 is 0.460 bits per heavy atom. The summed E-state index contributed by atoms with van der Waals surface area (Å²) in [5, 5.41) is 0. The van der Waals surface area contributed by atoms with E-state index in [4.69, 9.17) is 23.7 Å². The van der Waals surface area contributed by atoms with E-state index in [1.54, 1.807) is 121 Å². The molecule has 10 heteroatoms. The maximum absolute atomic E-state index is 13.7. The maximum Gasteiger partial charge on any atom is 0.338 e. The van der Waals surface area contributed by atoms with Crippen LogP contribution in [0.1, 0.15) is 41.4 Å². The zero-order valence-corrected chi connectivity index (χ0v) is 27.4. The summed E-state index contributed by atoms with van der Waals surface area (Å²) < 4.78 is 30.5. The molecule has 5 aromatic carbocycles. The van der Waals surface area contributed by atoms with Crippen molar-refractivity contribution in [3.05, 3.63) is 174 Å². The maximum atomic E-state index is 13.7. The highest BCUT2D eigenvalue weighted by Crippen LogP contribution is 2.38. The van der Waals surface area contributed by atoms with E-state index in [9.17, 15) is 19.2 Å². The van der Waals surface area contributed by atoms with Crippen molar-refractivity contribution >= 4 is 35.6 Å². The minimum absolute atomic E-state index is 0.222. The van der Waals surface area contributed by atoms with Gasteiger partial charge in [0.1, 0.15) is 18.1 Å². The summed E-state index contributed by atoms with van der Waals surface area (Å²) in [6, 6.07) is 42.5. The van der Waals surface area contributed by atoms with E-state index in [0.29, 0.717) is 5.56 Å². The zero-order valence-electron chi connectivity index (χ0n) is 26.6. The first-order valence-electron chi connectivity index (χ1n) is 15.8. The van der Waals surface area contributed by atoms with E-state index in [2.05, 4.69) is 0 Å². The first-order valence-corrected chi connectivity index (χ1v) is 16.7. The summed E-state index contributed by atoms with van der Waals surface area (Å²) in [7, 11) is 0. The van der Waals surface area contributed by atoms with E-state index in [-0.39, 0.29) is 23.3 Å². The normalized spacial score (nSPS) is 19.8. The van der Waals surface area contributed by atoms with Crippen LogP contribution in [0, 0.1) is 0 Å². The van der Waals surface area contributed by atoms with Gasteiger partial charge in [-0.2, -0.15) is 0 Å². The van der Waals surface area contributed by atoms with Crippen LogP contribution in [-0.4, -0.2) is 60.3 Å². The van der Waals surface area contributed by atoms with Gasteiger partial charge in [0.25, 0.3) is 0 Å². The highest BCUT2D eigenvalue weighted by Gasteiger charge is 2.53. The Hall–Kier alpha value is -5.71. The van der Waals surface area contributed by atoms with E-state index in [1.807, 2.05) is 30.3 Å². The summed E-state index contributed by atoms with van der Waals surface area (Å²) in [6.45, 7) is -0.384. The van der Waals surface area contributed by atoms with Gasteiger partial charge in [0.15, 0.2) is 18.3 Å². The van der Waals surface area contributed by atoms with Gasteiger partial charge in [0.2, 0.25) is 0 Å². The van der Waals surface area contributed by atoms with Crippen molar-refractivity contribution in [2.24, 2.45) is 0 Å². The number of hydrogen-bond acceptors (Lipinski definition) is 10. The molecule has 0 bridgehead atoms. The number of ether oxygens (including phenoxy) is 5. The number of carbonyl (C=O) groups is 4. The molecule has 1 aliphatic heterocycles. The first kappa shape index (κ1) is 34.2. The molecule has 0 unspecified atom stereocenters. The number of esters is 4. The van der Waals surface area contributed by atoms with Gasteiger partial charge in [-0.05, 0) is 60.7 Å². The zero-order chi connectivity index (χ0) is 34.7. The van der Waals surface area contributed by atoms with Crippen LogP contribution in [-0.2, 0) is 23.7 Å². The summed E-state index contributed by atoms with van der Waals surface area (Å²) in [5.74, 6) is -2.84. The third-order valence-electron chi connectivity index (χ3n) is 7.73. The molecular formula is C40H32O9S. The molecule has 5 atom stereocenters. The molecule has 0 radical (unpaired) electrons. The Balaban J connectivity index is 1.41. The van der Waals surface area contributed by atoms with Crippen LogP contribution in [0.25, 0.3) is 0 Å². The Bertz CT molecular complexity index is 1870. The van der Waals surface area contributed by atoms with Crippen LogP contribution in [0.3, 0.4) is 0 Å². The number of rotatable bonds is 11. The predicted molar refractivity (Wildman–Crippen MR) is 185 cm³/mol. The van der Waals surface area contributed by atoms with Crippen molar-refractivity contribution in [2.45, 2.75) is 34.7 Å². The Labute approximate surface area is 293 Å². The molecule has 252 valence electrons. The molecule has 6 rings (SSSR count). The quantitative estimate of drug-likeness (QED) is 0.106. The Morgan fingerprint density at radius 2 is 0.820 bits per heavy atom. The van der Waals surface area contributed by atoms with Gasteiger partial charge in [0.05, 0.1) is 22.3 Å². The second kappa shape index (κ2) is 16.6. The molecule has 0 N–H and O–H groups in total. The molecule has 9 nitrogen and oxygen atoms in total. The summed E-state index contributed by atoms with van der Waals surface area (Å²) >= 11 is 1.22. The Kier molecular flexibility index (Phi) is 11.3. The van der Waals surface area contributed by atoms with Gasteiger partial charge in [0, 0.05) is 4.90 Å². The van der Waals surface area contributed by atoms with E-state index >= 15 is 0 Å². The van der Waals surface area contributed by atoms with Crippen LogP contribution in [0.2, 0.25) is 0 Å². The highest BCUT2D eigenvalue weighted by atomic mass is 32.2. The molecule has 50 heavy (non-hydrogen) atoms. The number of benzene rings is 5. The summed E-state index contributed by atoms with van der Waals surface area (Å²) in [4.78, 5) is 54.7. The fraction of sp³-hybridized carbons (Fsp3) is 0.150. The van der Waals surface area contributed by atoms with Gasteiger partial charge < -0.3 is 23.7 Å². The predicted octanol–water partition coefficient (Wildman–Crippen LogP) is 7.04. The van der Waals surface area contributed by atoms with E-state index in [1.165, 1.54) is 11.8 Å². The van der Waals surface area contributed by atoms with Crippen LogP contribution < -0.4 is 0 Å². The minimum atomic E-state index is -1.40. The van der Waals surface area contributed by atoms with Crippen LogP contribution in [0.4, 0.5) is 0 Å². The van der Waals surface area contributed by atoms with Crippen LogP contribution in [0.15, 0.2) is 157 Å². The standard InChI is InChI=1S/C40H32O9S/c41-36(27-16-6-1-7-17-27)45-26-32-33(47-37(42)28-18-8-2-9-19-28)34(48-38(43)29-20-10-3-11-21-29)35(49-39(44)30-22-12-4-13-23-30)40(46-32)50-31-24-14-5-15-25-31/h1-25,32-35,40H,26H2/t32-,33+,34+,35-,40+/m1/s1.